The van der Waals surface area contributed by atoms with Crippen molar-refractivity contribution in [3.8, 4) is 16.8 Å². The van der Waals surface area contributed by atoms with Crippen LogP contribution in [-0.2, 0) is 15.3 Å². The number of hydrogen-bond donors (Lipinski definition) is 1. The maximum absolute atomic E-state index is 15.5. The van der Waals surface area contributed by atoms with Crippen molar-refractivity contribution in [3.05, 3.63) is 87.8 Å². The van der Waals surface area contributed by atoms with Crippen LogP contribution in [0, 0.1) is 0 Å². The van der Waals surface area contributed by atoms with E-state index in [1.165, 1.54) is 16.7 Å². The Hall–Kier alpha value is -3.25. The average molecular weight is 411 g/mol. The third-order valence-electron chi connectivity index (χ3n) is 5.01. The highest BCUT2D eigenvalue weighted by Gasteiger charge is 2.46. The monoisotopic (exact) mass is 410 g/mol. The molecule has 1 fully saturated rings. The largest absolute Gasteiger partial charge is 0.293 e. The Labute approximate surface area is 170 Å². The van der Waals surface area contributed by atoms with Gasteiger partial charge in [0, 0.05) is 41.9 Å². The number of carbonyl (C=O) groups excluding carboxylic acids is 2. The topological polar surface area (TPSA) is 68.2 Å². The highest BCUT2D eigenvalue weighted by atomic mass is 35.5. The molecule has 3 aromatic rings. The summed E-state index contributed by atoms with van der Waals surface area (Å²) in [5, 5.41) is 2.16. The molecule has 2 heterocycles. The Morgan fingerprint density at radius 2 is 1.72 bits per heavy atom. The van der Waals surface area contributed by atoms with E-state index in [1.807, 2.05) is 5.32 Å². The molecule has 0 spiro atoms. The number of imide groups is 1. The first kappa shape index (κ1) is 19.1. The predicted octanol–water partition coefficient (Wildman–Crippen LogP) is 3.76. The van der Waals surface area contributed by atoms with E-state index in [4.69, 9.17) is 11.6 Å². The number of nitrogens with one attached hydrogen (secondary N) is 1. The minimum absolute atomic E-state index is 0.0324. The van der Waals surface area contributed by atoms with Crippen molar-refractivity contribution in [3.63, 3.8) is 0 Å². The van der Waals surface area contributed by atoms with Crippen molar-refractivity contribution < 1.29 is 14.0 Å². The third kappa shape index (κ3) is 3.36. The van der Waals surface area contributed by atoms with Crippen LogP contribution in [0.5, 0.6) is 0 Å². The molecule has 1 aliphatic rings. The predicted molar refractivity (Wildman–Crippen MR) is 108 cm³/mol. The smallest absolute Gasteiger partial charge is 0.268 e. The molecule has 146 valence electrons. The van der Waals surface area contributed by atoms with Gasteiger partial charge in [-0.15, -0.1) is 0 Å². The van der Waals surface area contributed by atoms with Gasteiger partial charge in [-0.25, -0.2) is 4.39 Å². The lowest BCUT2D eigenvalue weighted by Gasteiger charge is -2.29. The summed E-state index contributed by atoms with van der Waals surface area (Å²) in [5.74, 6) is -1.49. The minimum Gasteiger partial charge on any atom is -0.293 e. The molecule has 2 amide bonds. The molecule has 1 atom stereocenters. The van der Waals surface area contributed by atoms with Gasteiger partial charge in [-0.3, -0.25) is 24.3 Å². The van der Waals surface area contributed by atoms with Crippen molar-refractivity contribution >= 4 is 23.4 Å². The first-order chi connectivity index (χ1) is 13.9. The molecule has 1 aliphatic heterocycles. The lowest BCUT2D eigenvalue weighted by atomic mass is 9.85. The first-order valence-electron chi connectivity index (χ1n) is 9.01. The minimum atomic E-state index is -2.36. The lowest BCUT2D eigenvalue weighted by molar-refractivity contribution is -0.144. The summed E-state index contributed by atoms with van der Waals surface area (Å²) in [7, 11) is 0. The fourth-order valence-electron chi connectivity index (χ4n) is 3.45. The Balaban J connectivity index is 1.73. The number of pyridine rings is 1. The highest BCUT2D eigenvalue weighted by Crippen LogP contribution is 2.42. The fraction of sp³-hybridized carbons (Fsp3) is 0.136. The first-order valence-corrected chi connectivity index (χ1v) is 9.38. The number of benzene rings is 2. The van der Waals surface area contributed by atoms with E-state index in [9.17, 15) is 14.4 Å². The van der Waals surface area contributed by atoms with E-state index in [-0.39, 0.29) is 29.0 Å². The van der Waals surface area contributed by atoms with Gasteiger partial charge >= 0.3 is 0 Å². The number of nitrogens with zero attached hydrogens (tertiary/aromatic N) is 1. The van der Waals surface area contributed by atoms with Crippen LogP contribution in [0.15, 0.2) is 71.7 Å². The van der Waals surface area contributed by atoms with Gasteiger partial charge < -0.3 is 0 Å². The fourth-order valence-corrected chi connectivity index (χ4v) is 3.83. The Kier molecular flexibility index (Phi) is 4.80. The summed E-state index contributed by atoms with van der Waals surface area (Å²) in [5.41, 5.74) is -0.544. The van der Waals surface area contributed by atoms with E-state index in [1.54, 1.807) is 54.7 Å². The molecule has 1 N–H and O–H groups in total. The van der Waals surface area contributed by atoms with E-state index in [0.29, 0.717) is 16.8 Å². The zero-order chi connectivity index (χ0) is 20.6. The van der Waals surface area contributed by atoms with Crippen LogP contribution in [-0.4, -0.2) is 16.4 Å². The molecule has 0 aliphatic carbocycles. The Morgan fingerprint density at radius 3 is 2.41 bits per heavy atom. The number of rotatable bonds is 3. The van der Waals surface area contributed by atoms with Crippen molar-refractivity contribution in [2.45, 2.75) is 18.5 Å². The summed E-state index contributed by atoms with van der Waals surface area (Å²) in [6.45, 7) is 0. The number of carbonyl (C=O) groups is 2. The standard InChI is InChI=1S/C22H16ClFN2O3/c23-20-16(4-3-5-17(20)22(24)12-11-18(27)25-21(22)29)14-7-9-15(10-8-14)26-13-2-1-6-19(26)28/h1-10,13H,11-12H2,(H,25,27,29)/t22-/m1/s1. The van der Waals surface area contributed by atoms with Crippen LogP contribution in [0.1, 0.15) is 18.4 Å². The molecule has 5 nitrogen and oxygen atoms in total. The number of aromatic nitrogens is 1. The molecule has 2 aromatic carbocycles. The molecular formula is C22H16ClFN2O3. The van der Waals surface area contributed by atoms with Gasteiger partial charge in [-0.05, 0) is 23.8 Å². The van der Waals surface area contributed by atoms with Crippen molar-refractivity contribution in [2.24, 2.45) is 0 Å². The number of piperidine rings is 1. The summed E-state index contributed by atoms with van der Waals surface area (Å²) in [6, 6.07) is 16.8. The van der Waals surface area contributed by atoms with Gasteiger partial charge in [0.2, 0.25) is 11.6 Å². The maximum Gasteiger partial charge on any atom is 0.268 e. The average Bonchev–Trinajstić information content (AvgIpc) is 2.72. The SMILES string of the molecule is O=C1CC[C@@](F)(c2cccc(-c3ccc(-n4ccccc4=O)cc3)c2Cl)C(=O)N1. The van der Waals surface area contributed by atoms with E-state index in [0.717, 1.165) is 0 Å². The van der Waals surface area contributed by atoms with Crippen molar-refractivity contribution in [2.75, 3.05) is 0 Å². The third-order valence-corrected chi connectivity index (χ3v) is 5.42. The van der Waals surface area contributed by atoms with Gasteiger partial charge in [-0.1, -0.05) is 48.0 Å². The van der Waals surface area contributed by atoms with E-state index < -0.39 is 17.5 Å². The van der Waals surface area contributed by atoms with Gasteiger partial charge in [-0.2, -0.15) is 0 Å². The van der Waals surface area contributed by atoms with E-state index in [2.05, 4.69) is 0 Å². The van der Waals surface area contributed by atoms with Crippen molar-refractivity contribution in [1.82, 2.24) is 9.88 Å². The van der Waals surface area contributed by atoms with Gasteiger partial charge in [0.1, 0.15) is 0 Å². The molecule has 0 saturated carbocycles. The van der Waals surface area contributed by atoms with Crippen LogP contribution < -0.4 is 10.9 Å². The normalized spacial score (nSPS) is 19.1. The Morgan fingerprint density at radius 1 is 0.966 bits per heavy atom. The summed E-state index contributed by atoms with van der Waals surface area (Å²) in [6.07, 6.45) is 1.32. The quantitative estimate of drug-likeness (QED) is 0.668. The second kappa shape index (κ2) is 7.29. The number of hydrogen-bond acceptors (Lipinski definition) is 3. The summed E-state index contributed by atoms with van der Waals surface area (Å²) in [4.78, 5) is 35.5. The van der Waals surface area contributed by atoms with Gasteiger partial charge in [0.15, 0.2) is 0 Å². The molecule has 1 saturated heterocycles. The highest BCUT2D eigenvalue weighted by molar-refractivity contribution is 6.34. The molecule has 7 heteroatoms. The zero-order valence-corrected chi connectivity index (χ0v) is 15.9. The zero-order valence-electron chi connectivity index (χ0n) is 15.2. The van der Waals surface area contributed by atoms with Crippen LogP contribution >= 0.6 is 11.6 Å². The molecule has 4 rings (SSSR count). The molecule has 29 heavy (non-hydrogen) atoms. The van der Waals surface area contributed by atoms with Crippen LogP contribution in [0.25, 0.3) is 16.8 Å². The molecular weight excluding hydrogens is 395 g/mol. The van der Waals surface area contributed by atoms with Crippen molar-refractivity contribution in [1.29, 1.82) is 0 Å². The van der Waals surface area contributed by atoms with E-state index >= 15 is 4.39 Å². The summed E-state index contributed by atoms with van der Waals surface area (Å²) < 4.78 is 17.0. The second-order valence-electron chi connectivity index (χ2n) is 6.80. The van der Waals surface area contributed by atoms with Gasteiger partial charge in [0.25, 0.3) is 11.5 Å². The molecule has 0 unspecified atom stereocenters. The molecule has 0 bridgehead atoms. The second-order valence-corrected chi connectivity index (χ2v) is 7.18. The van der Waals surface area contributed by atoms with Gasteiger partial charge in [0.05, 0.1) is 5.02 Å². The summed E-state index contributed by atoms with van der Waals surface area (Å²) >= 11 is 6.49. The molecule has 1 aromatic heterocycles. The van der Waals surface area contributed by atoms with Crippen LogP contribution in [0.2, 0.25) is 5.02 Å². The number of halogens is 2. The van der Waals surface area contributed by atoms with Crippen LogP contribution in [0.3, 0.4) is 0 Å². The van der Waals surface area contributed by atoms with Crippen LogP contribution in [0.4, 0.5) is 4.39 Å². The maximum atomic E-state index is 15.5. The Bertz CT molecular complexity index is 1170. The number of alkyl halides is 1. The molecule has 0 radical (unpaired) electrons. The number of amides is 2. The lowest BCUT2D eigenvalue weighted by Crippen LogP contribution is -2.49.